The molecular weight excluding hydrogens is 262 g/mol. The van der Waals surface area contributed by atoms with Crippen molar-refractivity contribution in [3.8, 4) is 0 Å². The van der Waals surface area contributed by atoms with Crippen LogP contribution < -0.4 is 10.0 Å². The maximum absolute atomic E-state index is 12.1. The summed E-state index contributed by atoms with van der Waals surface area (Å²) in [6.07, 6.45) is 3.53. The zero-order valence-electron chi connectivity index (χ0n) is 13.1. The summed E-state index contributed by atoms with van der Waals surface area (Å²) in [7, 11) is -1.70. The van der Waals surface area contributed by atoms with Crippen LogP contribution in [-0.4, -0.2) is 44.9 Å². The second kappa shape index (κ2) is 9.69. The van der Waals surface area contributed by atoms with Crippen molar-refractivity contribution >= 4 is 10.2 Å². The van der Waals surface area contributed by atoms with Crippen LogP contribution in [0.1, 0.15) is 53.4 Å². The van der Waals surface area contributed by atoms with Gasteiger partial charge >= 0.3 is 0 Å². The molecule has 1 unspecified atom stereocenters. The molecule has 19 heavy (non-hydrogen) atoms. The van der Waals surface area contributed by atoms with E-state index < -0.39 is 10.2 Å². The van der Waals surface area contributed by atoms with Gasteiger partial charge in [-0.15, -0.1) is 0 Å². The molecule has 0 aromatic rings. The molecule has 0 aliphatic rings. The van der Waals surface area contributed by atoms with Gasteiger partial charge in [0.05, 0.1) is 0 Å². The molecule has 0 amide bonds. The average Bonchev–Trinajstić information content (AvgIpc) is 2.33. The summed E-state index contributed by atoms with van der Waals surface area (Å²) in [5.74, 6) is 0. The first-order valence-electron chi connectivity index (χ1n) is 7.30. The minimum absolute atomic E-state index is 0.0474. The van der Waals surface area contributed by atoms with Crippen molar-refractivity contribution in [3.63, 3.8) is 0 Å². The predicted molar refractivity (Wildman–Crippen MR) is 81.4 cm³/mol. The van der Waals surface area contributed by atoms with E-state index in [1.807, 2.05) is 6.92 Å². The molecule has 0 fully saturated rings. The van der Waals surface area contributed by atoms with E-state index in [1.165, 1.54) is 4.31 Å². The van der Waals surface area contributed by atoms with Gasteiger partial charge in [0.1, 0.15) is 0 Å². The fraction of sp³-hybridized carbons (Fsp3) is 1.00. The van der Waals surface area contributed by atoms with Crippen LogP contribution in [-0.2, 0) is 10.2 Å². The Hall–Kier alpha value is -0.170. The maximum atomic E-state index is 12.1. The first-order chi connectivity index (χ1) is 8.83. The van der Waals surface area contributed by atoms with Crippen LogP contribution in [0.5, 0.6) is 0 Å². The molecular formula is C13H31N3O2S. The summed E-state index contributed by atoms with van der Waals surface area (Å²) in [5, 5.41) is 3.28. The molecule has 0 rings (SSSR count). The minimum atomic E-state index is -3.34. The molecule has 0 saturated heterocycles. The third-order valence-corrected chi connectivity index (χ3v) is 4.69. The summed E-state index contributed by atoms with van der Waals surface area (Å²) in [6.45, 7) is 9.62. The molecule has 0 radical (unpaired) electrons. The lowest BCUT2D eigenvalue weighted by atomic mass is 10.1. The third kappa shape index (κ3) is 8.57. The Morgan fingerprint density at radius 1 is 1.21 bits per heavy atom. The lowest BCUT2D eigenvalue weighted by Crippen LogP contribution is -2.44. The van der Waals surface area contributed by atoms with Gasteiger partial charge in [0, 0.05) is 25.7 Å². The van der Waals surface area contributed by atoms with Crippen LogP contribution in [0.4, 0.5) is 0 Å². The SMILES string of the molecule is CCCC(CC)NS(=O)(=O)N(C)CCCNC(C)C. The molecule has 1 atom stereocenters. The Kier molecular flexibility index (Phi) is 9.60. The van der Waals surface area contributed by atoms with Crippen LogP contribution >= 0.6 is 0 Å². The lowest BCUT2D eigenvalue weighted by Gasteiger charge is -2.22. The van der Waals surface area contributed by atoms with Gasteiger partial charge in [-0.2, -0.15) is 17.4 Å². The highest BCUT2D eigenvalue weighted by Crippen LogP contribution is 2.05. The van der Waals surface area contributed by atoms with Crippen LogP contribution in [0, 0.1) is 0 Å². The molecule has 0 spiro atoms. The molecule has 0 bridgehead atoms. The Morgan fingerprint density at radius 3 is 2.32 bits per heavy atom. The largest absolute Gasteiger partial charge is 0.314 e. The minimum Gasteiger partial charge on any atom is -0.314 e. The normalized spacial score (nSPS) is 14.3. The number of hydrogen-bond acceptors (Lipinski definition) is 3. The average molecular weight is 293 g/mol. The van der Waals surface area contributed by atoms with Gasteiger partial charge < -0.3 is 5.32 Å². The van der Waals surface area contributed by atoms with Crippen LogP contribution in [0.2, 0.25) is 0 Å². The first kappa shape index (κ1) is 18.8. The highest BCUT2D eigenvalue weighted by atomic mass is 32.2. The molecule has 0 aliphatic heterocycles. The van der Waals surface area contributed by atoms with Crippen molar-refractivity contribution in [2.45, 2.75) is 65.5 Å². The molecule has 0 heterocycles. The third-order valence-electron chi connectivity index (χ3n) is 3.06. The van der Waals surface area contributed by atoms with E-state index in [9.17, 15) is 8.42 Å². The number of nitrogens with one attached hydrogen (secondary N) is 2. The highest BCUT2D eigenvalue weighted by molar-refractivity contribution is 7.87. The molecule has 0 aromatic heterocycles. The molecule has 2 N–H and O–H groups in total. The summed E-state index contributed by atoms with van der Waals surface area (Å²) in [6, 6.07) is 0.486. The van der Waals surface area contributed by atoms with Gasteiger partial charge in [-0.1, -0.05) is 34.1 Å². The smallest absolute Gasteiger partial charge is 0.279 e. The van der Waals surface area contributed by atoms with Crippen molar-refractivity contribution < 1.29 is 8.42 Å². The monoisotopic (exact) mass is 293 g/mol. The van der Waals surface area contributed by atoms with Crippen molar-refractivity contribution in [2.75, 3.05) is 20.1 Å². The topological polar surface area (TPSA) is 61.4 Å². The Bertz CT molecular complexity index is 318. The standard InChI is InChI=1S/C13H31N3O2S/c1-6-9-13(7-2)15-19(17,18)16(5)11-8-10-14-12(3)4/h12-15H,6-11H2,1-5H3. The Labute approximate surface area is 119 Å². The Balaban J connectivity index is 4.16. The predicted octanol–water partition coefficient (Wildman–Crippen LogP) is 1.72. The fourth-order valence-electron chi connectivity index (χ4n) is 1.81. The second-order valence-electron chi connectivity index (χ2n) is 5.30. The van der Waals surface area contributed by atoms with E-state index in [-0.39, 0.29) is 6.04 Å². The number of rotatable bonds is 11. The van der Waals surface area contributed by atoms with Crippen LogP contribution in [0.3, 0.4) is 0 Å². The first-order valence-corrected chi connectivity index (χ1v) is 8.74. The molecule has 0 saturated carbocycles. The van der Waals surface area contributed by atoms with E-state index in [1.54, 1.807) is 7.05 Å². The van der Waals surface area contributed by atoms with Crippen LogP contribution in [0.15, 0.2) is 0 Å². The van der Waals surface area contributed by atoms with Gasteiger partial charge in [0.2, 0.25) is 0 Å². The number of nitrogens with zero attached hydrogens (tertiary/aromatic N) is 1. The van der Waals surface area contributed by atoms with Crippen molar-refractivity contribution in [1.82, 2.24) is 14.3 Å². The van der Waals surface area contributed by atoms with Gasteiger partial charge in [0.15, 0.2) is 0 Å². The van der Waals surface area contributed by atoms with Crippen LogP contribution in [0.25, 0.3) is 0 Å². The van der Waals surface area contributed by atoms with Gasteiger partial charge in [-0.25, -0.2) is 0 Å². The summed E-state index contributed by atoms with van der Waals surface area (Å²) >= 11 is 0. The van der Waals surface area contributed by atoms with Crippen molar-refractivity contribution in [3.05, 3.63) is 0 Å². The quantitative estimate of drug-likeness (QED) is 0.570. The summed E-state index contributed by atoms with van der Waals surface area (Å²) in [4.78, 5) is 0. The summed E-state index contributed by atoms with van der Waals surface area (Å²) in [5.41, 5.74) is 0. The molecule has 0 aromatic carbocycles. The van der Waals surface area contributed by atoms with Gasteiger partial charge in [0.25, 0.3) is 10.2 Å². The maximum Gasteiger partial charge on any atom is 0.279 e. The molecule has 0 aliphatic carbocycles. The van der Waals surface area contributed by atoms with E-state index in [0.717, 1.165) is 32.2 Å². The van der Waals surface area contributed by atoms with Crippen molar-refractivity contribution in [2.24, 2.45) is 0 Å². The van der Waals surface area contributed by atoms with E-state index in [0.29, 0.717) is 12.6 Å². The molecule has 116 valence electrons. The number of hydrogen-bond donors (Lipinski definition) is 2. The molecule has 6 heteroatoms. The lowest BCUT2D eigenvalue weighted by molar-refractivity contribution is 0.423. The van der Waals surface area contributed by atoms with E-state index in [4.69, 9.17) is 0 Å². The zero-order chi connectivity index (χ0) is 14.9. The van der Waals surface area contributed by atoms with Gasteiger partial charge in [-0.3, -0.25) is 0 Å². The molecule has 5 nitrogen and oxygen atoms in total. The fourth-order valence-corrected chi connectivity index (χ4v) is 3.06. The second-order valence-corrected chi connectivity index (χ2v) is 7.11. The van der Waals surface area contributed by atoms with E-state index >= 15 is 0 Å². The zero-order valence-corrected chi connectivity index (χ0v) is 13.9. The summed E-state index contributed by atoms with van der Waals surface area (Å²) < 4.78 is 28.4. The van der Waals surface area contributed by atoms with Crippen molar-refractivity contribution in [1.29, 1.82) is 0 Å². The van der Waals surface area contributed by atoms with Gasteiger partial charge in [-0.05, 0) is 25.8 Å². The highest BCUT2D eigenvalue weighted by Gasteiger charge is 2.20. The Morgan fingerprint density at radius 2 is 1.84 bits per heavy atom. The van der Waals surface area contributed by atoms with E-state index in [2.05, 4.69) is 30.8 Å².